The Hall–Kier alpha value is -1.58. The molecular weight excluding hydrogens is 204 g/mol. The van der Waals surface area contributed by atoms with Crippen LogP contribution in [-0.2, 0) is 4.74 Å². The van der Waals surface area contributed by atoms with Crippen molar-refractivity contribution in [1.29, 1.82) is 0 Å². The van der Waals surface area contributed by atoms with Crippen LogP contribution in [0.15, 0.2) is 18.3 Å². The maximum atomic E-state index is 11.7. The highest BCUT2D eigenvalue weighted by atomic mass is 16.5. The first kappa shape index (κ1) is 10.9. The molecule has 0 aromatic carbocycles. The van der Waals surface area contributed by atoms with Crippen molar-refractivity contribution in [3.63, 3.8) is 0 Å². The first-order chi connectivity index (χ1) is 7.75. The van der Waals surface area contributed by atoms with Crippen LogP contribution < -0.4 is 5.73 Å². The number of pyridine rings is 1. The summed E-state index contributed by atoms with van der Waals surface area (Å²) in [6, 6.07) is 3.25. The number of nitrogens with zero attached hydrogens (tertiary/aromatic N) is 1. The molecule has 1 aliphatic carbocycles. The molecule has 0 bridgehead atoms. The summed E-state index contributed by atoms with van der Waals surface area (Å²) in [6.45, 7) is 0. The Morgan fingerprint density at radius 3 is 2.69 bits per heavy atom. The van der Waals surface area contributed by atoms with Gasteiger partial charge in [0, 0.05) is 0 Å². The number of hydrogen-bond acceptors (Lipinski definition) is 4. The van der Waals surface area contributed by atoms with Crippen molar-refractivity contribution in [3.8, 4) is 0 Å². The Labute approximate surface area is 94.8 Å². The Morgan fingerprint density at radius 2 is 2.06 bits per heavy atom. The van der Waals surface area contributed by atoms with Gasteiger partial charge in [-0.2, -0.15) is 0 Å². The number of aromatic nitrogens is 1. The predicted octanol–water partition coefficient (Wildman–Crippen LogP) is 2.15. The average Bonchev–Trinajstić information content (AvgIpc) is 2.31. The van der Waals surface area contributed by atoms with Crippen LogP contribution in [0.5, 0.6) is 0 Å². The van der Waals surface area contributed by atoms with Crippen LogP contribution >= 0.6 is 0 Å². The molecule has 1 aliphatic rings. The quantitative estimate of drug-likeness (QED) is 0.775. The Kier molecular flexibility index (Phi) is 3.39. The summed E-state index contributed by atoms with van der Waals surface area (Å²) >= 11 is 0. The van der Waals surface area contributed by atoms with Gasteiger partial charge in [0.15, 0.2) is 0 Å². The van der Waals surface area contributed by atoms with Gasteiger partial charge in [-0.25, -0.2) is 9.78 Å². The van der Waals surface area contributed by atoms with Crippen molar-refractivity contribution in [2.24, 2.45) is 0 Å². The molecule has 1 aromatic heterocycles. The smallest absolute Gasteiger partial charge is 0.357 e. The van der Waals surface area contributed by atoms with Crippen LogP contribution in [-0.4, -0.2) is 17.1 Å². The molecule has 1 fully saturated rings. The van der Waals surface area contributed by atoms with Crippen molar-refractivity contribution < 1.29 is 9.53 Å². The van der Waals surface area contributed by atoms with Crippen molar-refractivity contribution in [2.45, 2.75) is 38.2 Å². The van der Waals surface area contributed by atoms with E-state index in [2.05, 4.69) is 4.98 Å². The number of nitrogen functional groups attached to an aromatic ring is 1. The molecule has 1 saturated carbocycles. The molecule has 2 N–H and O–H groups in total. The van der Waals surface area contributed by atoms with E-state index < -0.39 is 0 Å². The standard InChI is InChI=1S/C12H16N2O2/c13-9-6-7-11(14-8-9)12(15)16-10-4-2-1-3-5-10/h6-8,10H,1-5,13H2. The number of hydrogen-bond donors (Lipinski definition) is 1. The Bertz CT molecular complexity index is 356. The SMILES string of the molecule is Nc1ccc(C(=O)OC2CCCCC2)nc1. The van der Waals surface area contributed by atoms with Crippen molar-refractivity contribution in [3.05, 3.63) is 24.0 Å². The minimum absolute atomic E-state index is 0.0700. The van der Waals surface area contributed by atoms with Gasteiger partial charge in [0.1, 0.15) is 11.8 Å². The van der Waals surface area contributed by atoms with E-state index >= 15 is 0 Å². The van der Waals surface area contributed by atoms with Gasteiger partial charge in [0.2, 0.25) is 0 Å². The molecule has 16 heavy (non-hydrogen) atoms. The molecule has 0 atom stereocenters. The lowest BCUT2D eigenvalue weighted by Gasteiger charge is -2.21. The Balaban J connectivity index is 1.94. The molecule has 0 saturated heterocycles. The molecule has 2 rings (SSSR count). The lowest BCUT2D eigenvalue weighted by molar-refractivity contribution is 0.0204. The lowest BCUT2D eigenvalue weighted by Crippen LogP contribution is -2.21. The van der Waals surface area contributed by atoms with Gasteiger partial charge in [-0.3, -0.25) is 0 Å². The molecule has 86 valence electrons. The van der Waals surface area contributed by atoms with E-state index in [4.69, 9.17) is 10.5 Å². The van der Waals surface area contributed by atoms with E-state index in [1.165, 1.54) is 12.6 Å². The van der Waals surface area contributed by atoms with Gasteiger partial charge < -0.3 is 10.5 Å². The molecule has 0 amide bonds. The topological polar surface area (TPSA) is 65.2 Å². The molecule has 1 aromatic rings. The van der Waals surface area contributed by atoms with Gasteiger partial charge in [-0.15, -0.1) is 0 Å². The number of carbonyl (C=O) groups excluding carboxylic acids is 1. The van der Waals surface area contributed by atoms with Crippen LogP contribution in [0.3, 0.4) is 0 Å². The van der Waals surface area contributed by atoms with Crippen LogP contribution in [0.2, 0.25) is 0 Å². The fraction of sp³-hybridized carbons (Fsp3) is 0.500. The van der Waals surface area contributed by atoms with E-state index in [9.17, 15) is 4.79 Å². The summed E-state index contributed by atoms with van der Waals surface area (Å²) in [6.07, 6.45) is 7.02. The summed E-state index contributed by atoms with van der Waals surface area (Å²) < 4.78 is 5.37. The highest BCUT2D eigenvalue weighted by Gasteiger charge is 2.19. The summed E-state index contributed by atoms with van der Waals surface area (Å²) in [5.74, 6) is -0.341. The normalized spacial score (nSPS) is 17.0. The molecule has 0 unspecified atom stereocenters. The minimum atomic E-state index is -0.341. The van der Waals surface area contributed by atoms with Crippen molar-refractivity contribution in [2.75, 3.05) is 5.73 Å². The second-order valence-corrected chi connectivity index (χ2v) is 4.14. The second kappa shape index (κ2) is 4.96. The number of anilines is 1. The van der Waals surface area contributed by atoms with Gasteiger partial charge in [-0.1, -0.05) is 6.42 Å². The van der Waals surface area contributed by atoms with Crippen LogP contribution in [0.25, 0.3) is 0 Å². The first-order valence-corrected chi connectivity index (χ1v) is 5.68. The summed E-state index contributed by atoms with van der Waals surface area (Å²) in [5, 5.41) is 0. The van der Waals surface area contributed by atoms with Gasteiger partial charge in [0.05, 0.1) is 11.9 Å². The fourth-order valence-electron chi connectivity index (χ4n) is 1.92. The largest absolute Gasteiger partial charge is 0.458 e. The van der Waals surface area contributed by atoms with Crippen LogP contribution in [0.1, 0.15) is 42.6 Å². The van der Waals surface area contributed by atoms with E-state index in [-0.39, 0.29) is 12.1 Å². The van der Waals surface area contributed by atoms with E-state index in [1.54, 1.807) is 12.1 Å². The molecule has 0 radical (unpaired) electrons. The summed E-state index contributed by atoms with van der Waals surface area (Å²) in [4.78, 5) is 15.6. The predicted molar refractivity (Wildman–Crippen MR) is 60.9 cm³/mol. The highest BCUT2D eigenvalue weighted by Crippen LogP contribution is 2.21. The van der Waals surface area contributed by atoms with Gasteiger partial charge >= 0.3 is 5.97 Å². The van der Waals surface area contributed by atoms with Crippen LogP contribution in [0.4, 0.5) is 5.69 Å². The third-order valence-electron chi connectivity index (χ3n) is 2.82. The maximum absolute atomic E-state index is 11.7. The third kappa shape index (κ3) is 2.72. The monoisotopic (exact) mass is 220 g/mol. The highest BCUT2D eigenvalue weighted by molar-refractivity contribution is 5.87. The minimum Gasteiger partial charge on any atom is -0.458 e. The number of carbonyl (C=O) groups is 1. The van der Waals surface area contributed by atoms with E-state index in [0.29, 0.717) is 11.4 Å². The number of esters is 1. The van der Waals surface area contributed by atoms with Crippen molar-refractivity contribution in [1.82, 2.24) is 4.98 Å². The number of rotatable bonds is 2. The summed E-state index contributed by atoms with van der Waals surface area (Å²) in [5.41, 5.74) is 6.38. The van der Waals surface area contributed by atoms with E-state index in [1.807, 2.05) is 0 Å². The molecule has 0 spiro atoms. The third-order valence-corrected chi connectivity index (χ3v) is 2.82. The lowest BCUT2D eigenvalue weighted by atomic mass is 9.98. The molecule has 0 aliphatic heterocycles. The first-order valence-electron chi connectivity index (χ1n) is 5.68. The van der Waals surface area contributed by atoms with Gasteiger partial charge in [0.25, 0.3) is 0 Å². The zero-order valence-electron chi connectivity index (χ0n) is 9.19. The van der Waals surface area contributed by atoms with Crippen molar-refractivity contribution >= 4 is 11.7 Å². The van der Waals surface area contributed by atoms with Gasteiger partial charge in [-0.05, 0) is 37.8 Å². The average molecular weight is 220 g/mol. The summed E-state index contributed by atoms with van der Waals surface area (Å²) in [7, 11) is 0. The molecule has 1 heterocycles. The molecular formula is C12H16N2O2. The maximum Gasteiger partial charge on any atom is 0.357 e. The fourth-order valence-corrected chi connectivity index (χ4v) is 1.92. The molecule has 4 heteroatoms. The Morgan fingerprint density at radius 1 is 1.31 bits per heavy atom. The van der Waals surface area contributed by atoms with Crippen LogP contribution in [0, 0.1) is 0 Å². The van der Waals surface area contributed by atoms with E-state index in [0.717, 1.165) is 25.7 Å². The number of nitrogens with two attached hydrogens (primary N) is 1. The zero-order valence-corrected chi connectivity index (χ0v) is 9.19. The number of ether oxygens (including phenoxy) is 1. The zero-order chi connectivity index (χ0) is 11.4. The second-order valence-electron chi connectivity index (χ2n) is 4.14. The molecule has 4 nitrogen and oxygen atoms in total.